The van der Waals surface area contributed by atoms with Gasteiger partial charge in [-0.15, -0.1) is 0 Å². The lowest BCUT2D eigenvalue weighted by molar-refractivity contribution is 0.127. The summed E-state index contributed by atoms with van der Waals surface area (Å²) in [5.74, 6) is -0.472. The summed E-state index contributed by atoms with van der Waals surface area (Å²) in [7, 11) is -3.67. The van der Waals surface area contributed by atoms with E-state index in [1.165, 1.54) is 12.1 Å². The minimum absolute atomic E-state index is 0.0427. The van der Waals surface area contributed by atoms with Crippen molar-refractivity contribution in [3.8, 4) is 0 Å². The molecule has 106 valence electrons. The van der Waals surface area contributed by atoms with Gasteiger partial charge >= 0.3 is 0 Å². The molecule has 2 N–H and O–H groups in total. The van der Waals surface area contributed by atoms with E-state index >= 15 is 0 Å². The van der Waals surface area contributed by atoms with Crippen LogP contribution >= 0.6 is 0 Å². The summed E-state index contributed by atoms with van der Waals surface area (Å²) in [6.45, 7) is 1.82. The van der Waals surface area contributed by atoms with Crippen LogP contribution in [0, 0.1) is 11.2 Å². The minimum atomic E-state index is -3.67. The molecular weight excluding hydrogens is 269 g/mol. The Labute approximate surface area is 112 Å². The van der Waals surface area contributed by atoms with E-state index in [1.807, 2.05) is 6.92 Å². The summed E-state index contributed by atoms with van der Waals surface area (Å²) in [6.07, 6.45) is 2.38. The smallest absolute Gasteiger partial charge is 0.240 e. The molecule has 0 saturated heterocycles. The summed E-state index contributed by atoms with van der Waals surface area (Å²) in [5, 5.41) is 9.42. The zero-order valence-electron chi connectivity index (χ0n) is 10.8. The third kappa shape index (κ3) is 2.96. The van der Waals surface area contributed by atoms with Crippen molar-refractivity contribution in [2.24, 2.45) is 5.41 Å². The number of nitrogens with one attached hydrogen (secondary N) is 1. The van der Waals surface area contributed by atoms with Gasteiger partial charge in [-0.3, -0.25) is 0 Å². The average molecular weight is 287 g/mol. The molecule has 1 aromatic carbocycles. The fraction of sp³-hybridized carbons (Fsp3) is 0.538. The van der Waals surface area contributed by atoms with Gasteiger partial charge in [-0.1, -0.05) is 13.3 Å². The van der Waals surface area contributed by atoms with Crippen molar-refractivity contribution in [2.75, 3.05) is 6.61 Å². The van der Waals surface area contributed by atoms with Gasteiger partial charge in [0, 0.05) is 18.1 Å². The van der Waals surface area contributed by atoms with Crippen LogP contribution < -0.4 is 4.72 Å². The second-order valence-corrected chi connectivity index (χ2v) is 7.05. The molecule has 1 aliphatic rings. The largest absolute Gasteiger partial charge is 0.396 e. The molecule has 1 saturated carbocycles. The maximum atomic E-state index is 12.8. The molecule has 0 heterocycles. The number of rotatable bonds is 4. The number of benzene rings is 1. The van der Waals surface area contributed by atoms with Crippen LogP contribution in [0.15, 0.2) is 29.2 Å². The van der Waals surface area contributed by atoms with Gasteiger partial charge in [-0.25, -0.2) is 17.5 Å². The lowest BCUT2D eigenvalue weighted by Gasteiger charge is -2.29. The Hall–Kier alpha value is -0.980. The highest BCUT2D eigenvalue weighted by Gasteiger charge is 2.40. The van der Waals surface area contributed by atoms with Crippen molar-refractivity contribution in [2.45, 2.75) is 37.1 Å². The zero-order chi connectivity index (χ0) is 14.1. The summed E-state index contributed by atoms with van der Waals surface area (Å²) >= 11 is 0. The first-order chi connectivity index (χ1) is 8.87. The van der Waals surface area contributed by atoms with Crippen molar-refractivity contribution < 1.29 is 17.9 Å². The molecule has 2 rings (SSSR count). The molecule has 2 unspecified atom stereocenters. The lowest BCUT2D eigenvalue weighted by atomic mass is 9.86. The third-order valence-corrected chi connectivity index (χ3v) is 5.35. The Morgan fingerprint density at radius 1 is 1.42 bits per heavy atom. The Morgan fingerprint density at radius 3 is 2.63 bits per heavy atom. The van der Waals surface area contributed by atoms with E-state index in [2.05, 4.69) is 4.72 Å². The Kier molecular flexibility index (Phi) is 3.94. The standard InChI is InChI=1S/C13H18FNO3S/c1-13(9-16)8-2-3-12(13)15-19(17,18)11-6-4-10(14)5-7-11/h4-7,12,15-16H,2-3,8-9H2,1H3. The van der Waals surface area contributed by atoms with Gasteiger partial charge in [-0.05, 0) is 37.1 Å². The highest BCUT2D eigenvalue weighted by Crippen LogP contribution is 2.38. The van der Waals surface area contributed by atoms with Crippen molar-refractivity contribution >= 4 is 10.0 Å². The topological polar surface area (TPSA) is 66.4 Å². The van der Waals surface area contributed by atoms with E-state index < -0.39 is 21.3 Å². The molecule has 0 radical (unpaired) electrons. The average Bonchev–Trinajstić information content (AvgIpc) is 2.72. The molecule has 4 nitrogen and oxygen atoms in total. The Balaban J connectivity index is 2.20. The van der Waals surface area contributed by atoms with E-state index in [9.17, 15) is 17.9 Å². The first-order valence-electron chi connectivity index (χ1n) is 6.26. The molecule has 1 fully saturated rings. The molecule has 0 aromatic heterocycles. The van der Waals surface area contributed by atoms with Gasteiger partial charge < -0.3 is 5.11 Å². The number of aliphatic hydroxyl groups is 1. The van der Waals surface area contributed by atoms with Gasteiger partial charge in [0.25, 0.3) is 0 Å². The van der Waals surface area contributed by atoms with Crippen LogP contribution in [0.2, 0.25) is 0 Å². The summed E-state index contributed by atoms with van der Waals surface area (Å²) in [4.78, 5) is 0.0427. The number of sulfonamides is 1. The quantitative estimate of drug-likeness (QED) is 0.885. The van der Waals surface area contributed by atoms with Crippen molar-refractivity contribution in [3.63, 3.8) is 0 Å². The lowest BCUT2D eigenvalue weighted by Crippen LogP contribution is -2.44. The van der Waals surface area contributed by atoms with Crippen LogP contribution in [0.1, 0.15) is 26.2 Å². The first-order valence-corrected chi connectivity index (χ1v) is 7.74. The van der Waals surface area contributed by atoms with Crippen LogP contribution in [0.5, 0.6) is 0 Å². The summed E-state index contributed by atoms with van der Waals surface area (Å²) < 4.78 is 39.8. The molecule has 0 aliphatic heterocycles. The highest BCUT2D eigenvalue weighted by atomic mass is 32.2. The predicted molar refractivity (Wildman–Crippen MR) is 69.6 cm³/mol. The molecule has 0 bridgehead atoms. The molecular formula is C13H18FNO3S. The van der Waals surface area contributed by atoms with Crippen LogP contribution in [-0.4, -0.2) is 26.2 Å². The van der Waals surface area contributed by atoms with E-state index in [4.69, 9.17) is 0 Å². The number of aliphatic hydroxyl groups excluding tert-OH is 1. The summed E-state index contributed by atoms with van der Waals surface area (Å²) in [5.41, 5.74) is -0.424. The number of hydrogen-bond donors (Lipinski definition) is 2. The van der Waals surface area contributed by atoms with E-state index in [1.54, 1.807) is 0 Å². The first kappa shape index (κ1) is 14.4. The van der Waals surface area contributed by atoms with E-state index in [0.29, 0.717) is 6.42 Å². The van der Waals surface area contributed by atoms with Gasteiger partial charge in [0.05, 0.1) is 4.90 Å². The van der Waals surface area contributed by atoms with Gasteiger partial charge in [0.1, 0.15) is 5.82 Å². The fourth-order valence-electron chi connectivity index (χ4n) is 2.49. The van der Waals surface area contributed by atoms with E-state index in [-0.39, 0.29) is 17.5 Å². The van der Waals surface area contributed by atoms with Crippen LogP contribution in [0.3, 0.4) is 0 Å². The molecule has 0 amide bonds. The predicted octanol–water partition coefficient (Wildman–Crippen LogP) is 1.66. The molecule has 1 aromatic rings. The molecule has 6 heteroatoms. The van der Waals surface area contributed by atoms with Crippen LogP contribution in [0.4, 0.5) is 4.39 Å². The normalized spacial score (nSPS) is 27.6. The maximum Gasteiger partial charge on any atom is 0.240 e. The van der Waals surface area contributed by atoms with Crippen LogP contribution in [0.25, 0.3) is 0 Å². The van der Waals surface area contributed by atoms with E-state index in [0.717, 1.165) is 25.0 Å². The second kappa shape index (κ2) is 5.19. The van der Waals surface area contributed by atoms with Gasteiger partial charge in [0.2, 0.25) is 10.0 Å². The highest BCUT2D eigenvalue weighted by molar-refractivity contribution is 7.89. The Bertz CT molecular complexity index is 544. The zero-order valence-corrected chi connectivity index (χ0v) is 11.6. The third-order valence-electron chi connectivity index (χ3n) is 3.86. The maximum absolute atomic E-state index is 12.8. The minimum Gasteiger partial charge on any atom is -0.396 e. The van der Waals surface area contributed by atoms with Crippen LogP contribution in [-0.2, 0) is 10.0 Å². The monoisotopic (exact) mass is 287 g/mol. The second-order valence-electron chi connectivity index (χ2n) is 5.33. The van der Waals surface area contributed by atoms with Gasteiger partial charge in [-0.2, -0.15) is 0 Å². The van der Waals surface area contributed by atoms with Crippen molar-refractivity contribution in [1.82, 2.24) is 4.72 Å². The molecule has 2 atom stereocenters. The molecule has 19 heavy (non-hydrogen) atoms. The number of halogens is 1. The number of hydrogen-bond acceptors (Lipinski definition) is 3. The van der Waals surface area contributed by atoms with Gasteiger partial charge in [0.15, 0.2) is 0 Å². The van der Waals surface area contributed by atoms with Crippen molar-refractivity contribution in [1.29, 1.82) is 0 Å². The SMILES string of the molecule is CC1(CO)CCCC1NS(=O)(=O)c1ccc(F)cc1. The molecule has 1 aliphatic carbocycles. The molecule has 0 spiro atoms. The fourth-order valence-corrected chi connectivity index (χ4v) is 3.90. The van der Waals surface area contributed by atoms with Crippen molar-refractivity contribution in [3.05, 3.63) is 30.1 Å². The Morgan fingerprint density at radius 2 is 2.05 bits per heavy atom. The summed E-state index contributed by atoms with van der Waals surface area (Å²) in [6, 6.07) is 4.43.